The van der Waals surface area contributed by atoms with Crippen molar-refractivity contribution < 1.29 is 19.1 Å². The Morgan fingerprint density at radius 1 is 1.28 bits per heavy atom. The van der Waals surface area contributed by atoms with Crippen molar-refractivity contribution in [2.24, 2.45) is 5.16 Å². The number of hydrogen-bond acceptors (Lipinski definition) is 9. The normalized spacial score (nSPS) is 14.6. The average Bonchev–Trinajstić information content (AvgIpc) is 2.76. The number of nitrogens with one attached hydrogen (secondary N) is 1. The summed E-state index contributed by atoms with van der Waals surface area (Å²) in [5, 5.41) is 6.65. The number of amides is 1. The van der Waals surface area contributed by atoms with Crippen molar-refractivity contribution in [1.82, 2.24) is 9.97 Å². The van der Waals surface area contributed by atoms with Gasteiger partial charge in [-0.05, 0) is 45.0 Å². The van der Waals surface area contributed by atoms with Crippen LogP contribution in [-0.2, 0) is 9.57 Å². The fraction of sp³-hybridized carbons (Fsp3) is 0.455. The molecule has 1 aromatic heterocycles. The lowest BCUT2D eigenvalue weighted by atomic mass is 10.1. The maximum absolute atomic E-state index is 12.3. The molecule has 0 bridgehead atoms. The SMILES string of the molecule is CCON=Cc1c(N)ncnc1N1CCC(OC(=O)Nc2ccc(OC(C)C)cc2)CC1. The lowest BCUT2D eigenvalue weighted by Gasteiger charge is -2.33. The molecule has 172 valence electrons. The van der Waals surface area contributed by atoms with E-state index in [1.54, 1.807) is 12.1 Å². The number of rotatable bonds is 8. The molecule has 1 aliphatic heterocycles. The average molecular weight is 443 g/mol. The number of nitrogens with two attached hydrogens (primary N) is 1. The first-order valence-electron chi connectivity index (χ1n) is 10.7. The van der Waals surface area contributed by atoms with E-state index in [1.165, 1.54) is 12.5 Å². The summed E-state index contributed by atoms with van der Waals surface area (Å²) in [6, 6.07) is 7.20. The number of carbonyl (C=O) groups excluding carboxylic acids is 1. The number of anilines is 3. The van der Waals surface area contributed by atoms with Crippen molar-refractivity contribution in [2.75, 3.05) is 35.6 Å². The summed E-state index contributed by atoms with van der Waals surface area (Å²) in [7, 11) is 0. The standard InChI is InChI=1S/C22H30N6O4/c1-4-30-26-13-19-20(23)24-14-25-21(19)28-11-9-18(10-12-28)32-22(29)27-16-5-7-17(8-6-16)31-15(2)3/h5-8,13-15,18H,4,9-12H2,1-3H3,(H,27,29)(H2,23,24,25). The molecule has 1 fully saturated rings. The van der Waals surface area contributed by atoms with Crippen LogP contribution in [0.25, 0.3) is 0 Å². The number of piperidine rings is 1. The van der Waals surface area contributed by atoms with Gasteiger partial charge in [-0.1, -0.05) is 5.16 Å². The summed E-state index contributed by atoms with van der Waals surface area (Å²) in [5.74, 6) is 1.77. The van der Waals surface area contributed by atoms with Crippen molar-refractivity contribution >= 4 is 29.6 Å². The largest absolute Gasteiger partial charge is 0.491 e. The van der Waals surface area contributed by atoms with E-state index in [-0.39, 0.29) is 12.2 Å². The molecule has 1 saturated heterocycles. The molecule has 3 rings (SSSR count). The highest BCUT2D eigenvalue weighted by Gasteiger charge is 2.25. The van der Waals surface area contributed by atoms with Gasteiger partial charge in [-0.3, -0.25) is 5.32 Å². The Hall–Kier alpha value is -3.56. The Bertz CT molecular complexity index is 911. The topological polar surface area (TPSA) is 124 Å². The van der Waals surface area contributed by atoms with Crippen LogP contribution in [-0.4, -0.2) is 54.2 Å². The third kappa shape index (κ3) is 6.47. The van der Waals surface area contributed by atoms with Gasteiger partial charge in [0.15, 0.2) is 0 Å². The summed E-state index contributed by atoms with van der Waals surface area (Å²) in [6.45, 7) is 7.55. The van der Waals surface area contributed by atoms with E-state index in [0.717, 1.165) is 5.75 Å². The fourth-order valence-corrected chi connectivity index (χ4v) is 3.31. The molecule has 1 aromatic carbocycles. The third-order valence-electron chi connectivity index (χ3n) is 4.77. The lowest BCUT2D eigenvalue weighted by molar-refractivity contribution is 0.0950. The van der Waals surface area contributed by atoms with Gasteiger partial charge in [0.1, 0.15) is 36.4 Å². The van der Waals surface area contributed by atoms with Gasteiger partial charge in [-0.2, -0.15) is 0 Å². The van der Waals surface area contributed by atoms with Gasteiger partial charge < -0.3 is 24.9 Å². The van der Waals surface area contributed by atoms with Crippen molar-refractivity contribution in [3.63, 3.8) is 0 Å². The van der Waals surface area contributed by atoms with Crippen molar-refractivity contribution in [3.8, 4) is 5.75 Å². The zero-order valence-corrected chi connectivity index (χ0v) is 18.7. The molecular formula is C22H30N6O4. The molecule has 1 amide bonds. The lowest BCUT2D eigenvalue weighted by Crippen LogP contribution is -2.39. The second-order valence-electron chi connectivity index (χ2n) is 7.56. The number of aromatic nitrogens is 2. The van der Waals surface area contributed by atoms with Crippen LogP contribution in [0.3, 0.4) is 0 Å². The van der Waals surface area contributed by atoms with E-state index in [1.807, 2.05) is 32.9 Å². The summed E-state index contributed by atoms with van der Waals surface area (Å²) in [5.41, 5.74) is 7.26. The van der Waals surface area contributed by atoms with Crippen LogP contribution in [0.15, 0.2) is 35.7 Å². The number of oxime groups is 1. The highest BCUT2D eigenvalue weighted by molar-refractivity contribution is 5.91. The maximum atomic E-state index is 12.3. The van der Waals surface area contributed by atoms with Gasteiger partial charge in [0.25, 0.3) is 0 Å². The Morgan fingerprint density at radius 2 is 2.00 bits per heavy atom. The molecule has 0 saturated carbocycles. The van der Waals surface area contributed by atoms with Gasteiger partial charge in [0.2, 0.25) is 0 Å². The smallest absolute Gasteiger partial charge is 0.411 e. The molecule has 2 heterocycles. The molecule has 10 heteroatoms. The number of ether oxygens (including phenoxy) is 2. The van der Waals surface area contributed by atoms with Crippen LogP contribution in [0.4, 0.5) is 22.1 Å². The first-order chi connectivity index (χ1) is 15.5. The highest BCUT2D eigenvalue weighted by Crippen LogP contribution is 2.25. The van der Waals surface area contributed by atoms with Gasteiger partial charge in [0, 0.05) is 31.6 Å². The highest BCUT2D eigenvalue weighted by atomic mass is 16.6. The van der Waals surface area contributed by atoms with Crippen LogP contribution in [0.2, 0.25) is 0 Å². The molecule has 3 N–H and O–H groups in total. The summed E-state index contributed by atoms with van der Waals surface area (Å²) in [4.78, 5) is 27.8. The van der Waals surface area contributed by atoms with Gasteiger partial charge in [-0.15, -0.1) is 0 Å². The zero-order valence-electron chi connectivity index (χ0n) is 18.7. The van der Waals surface area contributed by atoms with Crippen molar-refractivity contribution in [2.45, 2.75) is 45.8 Å². The number of nitrogen functional groups attached to an aromatic ring is 1. The minimum atomic E-state index is -0.475. The molecule has 0 radical (unpaired) electrons. The van der Waals surface area contributed by atoms with Crippen LogP contribution in [0.5, 0.6) is 5.75 Å². The number of carbonyl (C=O) groups is 1. The Morgan fingerprint density at radius 3 is 2.66 bits per heavy atom. The fourth-order valence-electron chi connectivity index (χ4n) is 3.31. The zero-order chi connectivity index (χ0) is 22.9. The molecular weight excluding hydrogens is 412 g/mol. The van der Waals surface area contributed by atoms with Crippen LogP contribution >= 0.6 is 0 Å². The molecule has 0 aliphatic carbocycles. The molecule has 2 aromatic rings. The van der Waals surface area contributed by atoms with Crippen molar-refractivity contribution in [3.05, 3.63) is 36.2 Å². The second kappa shape index (κ2) is 11.2. The van der Waals surface area contributed by atoms with E-state index in [4.69, 9.17) is 20.0 Å². The Kier molecular flexibility index (Phi) is 8.07. The van der Waals surface area contributed by atoms with E-state index < -0.39 is 6.09 Å². The van der Waals surface area contributed by atoms with Gasteiger partial charge >= 0.3 is 6.09 Å². The second-order valence-corrected chi connectivity index (χ2v) is 7.56. The quantitative estimate of drug-likeness (QED) is 0.471. The molecule has 0 spiro atoms. The van der Waals surface area contributed by atoms with E-state index in [0.29, 0.717) is 55.4 Å². The van der Waals surface area contributed by atoms with Crippen LogP contribution in [0, 0.1) is 0 Å². The predicted octanol–water partition coefficient (Wildman–Crippen LogP) is 3.43. The first-order valence-corrected chi connectivity index (χ1v) is 10.7. The minimum Gasteiger partial charge on any atom is -0.491 e. The van der Waals surface area contributed by atoms with E-state index >= 15 is 0 Å². The summed E-state index contributed by atoms with van der Waals surface area (Å²) in [6.07, 6.45) is 3.72. The number of nitrogens with zero attached hydrogens (tertiary/aromatic N) is 4. The predicted molar refractivity (Wildman–Crippen MR) is 123 cm³/mol. The molecule has 1 aliphatic rings. The van der Waals surface area contributed by atoms with Crippen LogP contribution < -0.4 is 20.7 Å². The van der Waals surface area contributed by atoms with Crippen LogP contribution in [0.1, 0.15) is 39.2 Å². The molecule has 10 nitrogen and oxygen atoms in total. The molecule has 0 atom stereocenters. The first kappa shape index (κ1) is 23.1. The number of hydrogen-bond donors (Lipinski definition) is 2. The van der Waals surface area contributed by atoms with Crippen molar-refractivity contribution in [1.29, 1.82) is 0 Å². The maximum Gasteiger partial charge on any atom is 0.411 e. The molecule has 32 heavy (non-hydrogen) atoms. The summed E-state index contributed by atoms with van der Waals surface area (Å²) >= 11 is 0. The van der Waals surface area contributed by atoms with Gasteiger partial charge in [0.05, 0.1) is 17.9 Å². The monoisotopic (exact) mass is 442 g/mol. The van der Waals surface area contributed by atoms with E-state index in [2.05, 4.69) is 25.3 Å². The molecule has 0 unspecified atom stereocenters. The Balaban J connectivity index is 1.52. The minimum absolute atomic E-state index is 0.0940. The summed E-state index contributed by atoms with van der Waals surface area (Å²) < 4.78 is 11.2. The van der Waals surface area contributed by atoms with E-state index in [9.17, 15) is 4.79 Å². The number of benzene rings is 1. The Labute approximate surface area is 187 Å². The van der Waals surface area contributed by atoms with Gasteiger partial charge in [-0.25, -0.2) is 14.8 Å². The third-order valence-corrected chi connectivity index (χ3v) is 4.77.